The van der Waals surface area contributed by atoms with Crippen LogP contribution in [0.15, 0.2) is 30.6 Å². The first-order valence-corrected chi connectivity index (χ1v) is 7.76. The van der Waals surface area contributed by atoms with Gasteiger partial charge in [0, 0.05) is 31.1 Å². The maximum Gasteiger partial charge on any atom is 0.317 e. The van der Waals surface area contributed by atoms with Gasteiger partial charge in [-0.05, 0) is 11.6 Å². The zero-order chi connectivity index (χ0) is 17.0. The summed E-state index contributed by atoms with van der Waals surface area (Å²) in [6.45, 7) is 4.99. The molecule has 0 radical (unpaired) electrons. The lowest BCUT2D eigenvalue weighted by Crippen LogP contribution is -2.43. The highest BCUT2D eigenvalue weighted by Crippen LogP contribution is 2.29. The van der Waals surface area contributed by atoms with Gasteiger partial charge in [-0.2, -0.15) is 5.10 Å². The number of carbonyl (C=O) groups is 1. The summed E-state index contributed by atoms with van der Waals surface area (Å²) in [4.78, 5) is 18.0. The van der Waals surface area contributed by atoms with Gasteiger partial charge >= 0.3 is 6.03 Å². The molecule has 0 saturated carbocycles. The Morgan fingerprint density at radius 2 is 2.09 bits per heavy atom. The highest BCUT2D eigenvalue weighted by atomic mass is 35.5. The van der Waals surface area contributed by atoms with Gasteiger partial charge in [0.05, 0.1) is 6.54 Å². The van der Waals surface area contributed by atoms with E-state index in [0.29, 0.717) is 18.1 Å². The number of nitrogens with zero attached hydrogens (tertiary/aromatic N) is 4. The fourth-order valence-electron chi connectivity index (χ4n) is 2.28. The molecule has 2 amide bonds. The quantitative estimate of drug-likeness (QED) is 0.913. The summed E-state index contributed by atoms with van der Waals surface area (Å²) in [5, 5.41) is 7.65. The maximum absolute atomic E-state index is 12.3. The number of aromatic nitrogens is 3. The van der Waals surface area contributed by atoms with Crippen molar-refractivity contribution in [2.45, 2.75) is 25.8 Å². The van der Waals surface area contributed by atoms with Crippen molar-refractivity contribution in [1.82, 2.24) is 25.0 Å². The van der Waals surface area contributed by atoms with E-state index in [2.05, 4.69) is 29.2 Å². The van der Waals surface area contributed by atoms with Crippen molar-refractivity contribution >= 4 is 17.6 Å². The van der Waals surface area contributed by atoms with Gasteiger partial charge in [-0.1, -0.05) is 43.6 Å². The molecule has 0 aliphatic rings. The number of amides is 2. The SMILES string of the molecule is CN(Cc1ncnn1C)C(=O)NCC(C)(C)c1ccccc1Cl. The molecule has 1 heterocycles. The van der Waals surface area contributed by atoms with Gasteiger partial charge in [-0.3, -0.25) is 4.68 Å². The fraction of sp³-hybridized carbons (Fsp3) is 0.438. The Labute approximate surface area is 141 Å². The van der Waals surface area contributed by atoms with Crippen LogP contribution >= 0.6 is 11.6 Å². The average Bonchev–Trinajstić information content (AvgIpc) is 2.90. The number of hydrogen-bond acceptors (Lipinski definition) is 3. The molecule has 1 aromatic carbocycles. The van der Waals surface area contributed by atoms with Crippen LogP contribution < -0.4 is 5.32 Å². The summed E-state index contributed by atoms with van der Waals surface area (Å²) in [5.41, 5.74) is 0.748. The summed E-state index contributed by atoms with van der Waals surface area (Å²) in [6, 6.07) is 7.53. The third-order valence-corrected chi connectivity index (χ3v) is 4.14. The summed E-state index contributed by atoms with van der Waals surface area (Å²) < 4.78 is 1.65. The molecule has 124 valence electrons. The van der Waals surface area contributed by atoms with Crippen LogP contribution in [0.25, 0.3) is 0 Å². The van der Waals surface area contributed by atoms with E-state index in [1.807, 2.05) is 24.3 Å². The lowest BCUT2D eigenvalue weighted by Gasteiger charge is -2.28. The number of urea groups is 1. The fourth-order valence-corrected chi connectivity index (χ4v) is 2.68. The molecule has 0 bridgehead atoms. The molecule has 0 spiro atoms. The molecule has 0 atom stereocenters. The van der Waals surface area contributed by atoms with E-state index in [1.54, 1.807) is 23.7 Å². The van der Waals surface area contributed by atoms with Gasteiger partial charge in [0.15, 0.2) is 0 Å². The van der Waals surface area contributed by atoms with Crippen LogP contribution in [0.5, 0.6) is 0 Å². The average molecular weight is 336 g/mol. The molecule has 0 aliphatic heterocycles. The lowest BCUT2D eigenvalue weighted by atomic mass is 9.84. The number of aryl methyl sites for hydroxylation is 1. The predicted molar refractivity (Wildman–Crippen MR) is 90.3 cm³/mol. The second-order valence-electron chi connectivity index (χ2n) is 6.18. The van der Waals surface area contributed by atoms with Gasteiger partial charge < -0.3 is 10.2 Å². The number of carbonyl (C=O) groups excluding carboxylic acids is 1. The molecular formula is C16H22ClN5O. The lowest BCUT2D eigenvalue weighted by molar-refractivity contribution is 0.202. The van der Waals surface area contributed by atoms with E-state index >= 15 is 0 Å². The number of rotatable bonds is 5. The Balaban J connectivity index is 1.95. The number of nitrogens with one attached hydrogen (secondary N) is 1. The third-order valence-electron chi connectivity index (χ3n) is 3.81. The van der Waals surface area contributed by atoms with E-state index in [0.717, 1.165) is 11.4 Å². The standard InChI is InChI=1S/C16H22ClN5O/c1-16(2,12-7-5-6-8-13(12)17)10-18-15(23)21(3)9-14-19-11-20-22(14)4/h5-8,11H,9-10H2,1-4H3,(H,18,23). The van der Waals surface area contributed by atoms with Crippen molar-refractivity contribution in [3.8, 4) is 0 Å². The molecule has 1 N–H and O–H groups in total. The number of hydrogen-bond donors (Lipinski definition) is 1. The Morgan fingerprint density at radius 1 is 1.39 bits per heavy atom. The second kappa shape index (κ2) is 7.00. The van der Waals surface area contributed by atoms with Crippen molar-refractivity contribution in [1.29, 1.82) is 0 Å². The summed E-state index contributed by atoms with van der Waals surface area (Å²) in [5.74, 6) is 0.730. The summed E-state index contributed by atoms with van der Waals surface area (Å²) >= 11 is 6.26. The third kappa shape index (κ3) is 4.22. The Hall–Kier alpha value is -2.08. The Morgan fingerprint density at radius 3 is 2.70 bits per heavy atom. The molecular weight excluding hydrogens is 314 g/mol. The van der Waals surface area contributed by atoms with Crippen LogP contribution in [0.2, 0.25) is 5.02 Å². The molecule has 2 aromatic rings. The van der Waals surface area contributed by atoms with Crippen molar-refractivity contribution < 1.29 is 4.79 Å². The molecule has 0 fully saturated rings. The van der Waals surface area contributed by atoms with E-state index in [9.17, 15) is 4.79 Å². The Bertz CT molecular complexity index is 683. The molecule has 0 aliphatic carbocycles. The first-order valence-electron chi connectivity index (χ1n) is 7.38. The monoisotopic (exact) mass is 335 g/mol. The maximum atomic E-state index is 12.3. The topological polar surface area (TPSA) is 63.1 Å². The first-order chi connectivity index (χ1) is 10.8. The highest BCUT2D eigenvalue weighted by molar-refractivity contribution is 6.31. The van der Waals surface area contributed by atoms with E-state index in [-0.39, 0.29) is 11.4 Å². The minimum atomic E-state index is -0.264. The predicted octanol–water partition coefficient (Wildman–Crippen LogP) is 2.59. The molecule has 1 aromatic heterocycles. The van der Waals surface area contributed by atoms with Crippen LogP contribution in [0, 0.1) is 0 Å². The van der Waals surface area contributed by atoms with Gasteiger partial charge in [0.2, 0.25) is 0 Å². The largest absolute Gasteiger partial charge is 0.337 e. The zero-order valence-corrected chi connectivity index (χ0v) is 14.6. The van der Waals surface area contributed by atoms with E-state index < -0.39 is 0 Å². The highest BCUT2D eigenvalue weighted by Gasteiger charge is 2.24. The molecule has 0 unspecified atom stereocenters. The normalized spacial score (nSPS) is 11.3. The minimum Gasteiger partial charge on any atom is -0.337 e. The summed E-state index contributed by atoms with van der Waals surface area (Å²) in [7, 11) is 3.53. The smallest absolute Gasteiger partial charge is 0.317 e. The molecule has 2 rings (SSSR count). The molecule has 7 heteroatoms. The second-order valence-corrected chi connectivity index (χ2v) is 6.59. The van der Waals surface area contributed by atoms with Crippen LogP contribution in [0.3, 0.4) is 0 Å². The minimum absolute atomic E-state index is 0.159. The Kier molecular flexibility index (Phi) is 5.26. The van der Waals surface area contributed by atoms with E-state index in [1.165, 1.54) is 6.33 Å². The van der Waals surface area contributed by atoms with Gasteiger partial charge in [0.1, 0.15) is 12.2 Å². The molecule has 23 heavy (non-hydrogen) atoms. The zero-order valence-electron chi connectivity index (χ0n) is 13.9. The van der Waals surface area contributed by atoms with Crippen LogP contribution in [0.4, 0.5) is 4.79 Å². The van der Waals surface area contributed by atoms with Gasteiger partial charge in [0.25, 0.3) is 0 Å². The van der Waals surface area contributed by atoms with Crippen LogP contribution in [-0.2, 0) is 19.0 Å². The number of benzene rings is 1. The molecule has 0 saturated heterocycles. The summed E-state index contributed by atoms with van der Waals surface area (Å²) in [6.07, 6.45) is 1.47. The van der Waals surface area contributed by atoms with Crippen molar-refractivity contribution in [3.05, 3.63) is 47.0 Å². The first kappa shape index (κ1) is 17.3. The van der Waals surface area contributed by atoms with Gasteiger partial charge in [-0.15, -0.1) is 0 Å². The van der Waals surface area contributed by atoms with Crippen LogP contribution in [0.1, 0.15) is 25.2 Å². The van der Waals surface area contributed by atoms with Crippen molar-refractivity contribution in [2.75, 3.05) is 13.6 Å². The van der Waals surface area contributed by atoms with Gasteiger partial charge in [-0.25, -0.2) is 9.78 Å². The number of halogens is 1. The van der Waals surface area contributed by atoms with Crippen molar-refractivity contribution in [2.24, 2.45) is 7.05 Å². The molecule has 6 nitrogen and oxygen atoms in total. The van der Waals surface area contributed by atoms with Crippen LogP contribution in [-0.4, -0.2) is 39.3 Å². The van der Waals surface area contributed by atoms with Crippen molar-refractivity contribution in [3.63, 3.8) is 0 Å². The van der Waals surface area contributed by atoms with E-state index in [4.69, 9.17) is 11.6 Å².